The van der Waals surface area contributed by atoms with Crippen LogP contribution in [0.4, 0.5) is 0 Å². The highest BCUT2D eigenvalue weighted by atomic mass is 16.3. The molecule has 1 unspecified atom stereocenters. The van der Waals surface area contributed by atoms with Crippen LogP contribution in [0.3, 0.4) is 0 Å². The number of aliphatic hydroxyl groups is 1. The van der Waals surface area contributed by atoms with E-state index in [1.807, 2.05) is 0 Å². The fraction of sp³-hybridized carbons (Fsp3) is 0.600. The maximum atomic E-state index is 8.57. The van der Waals surface area contributed by atoms with Crippen LogP contribution < -0.4 is 0 Å². The van der Waals surface area contributed by atoms with E-state index in [0.717, 1.165) is 0 Å². The largest absolute Gasteiger partial charge is 0.391 e. The Morgan fingerprint density at radius 2 is 2.17 bits per heavy atom. The van der Waals surface area contributed by atoms with Crippen molar-refractivity contribution in [3.8, 4) is 11.8 Å². The highest BCUT2D eigenvalue weighted by molar-refractivity contribution is 5.31. The van der Waals surface area contributed by atoms with Crippen molar-refractivity contribution in [1.82, 2.24) is 0 Å². The molecule has 0 heterocycles. The first kappa shape index (κ1) is 3.70. The van der Waals surface area contributed by atoms with Crippen molar-refractivity contribution in [3.05, 3.63) is 0 Å². The highest BCUT2D eigenvalue weighted by Gasteiger charge is 2.15. The van der Waals surface area contributed by atoms with Gasteiger partial charge in [0, 0.05) is 0 Å². The van der Waals surface area contributed by atoms with Gasteiger partial charge < -0.3 is 5.11 Å². The summed E-state index contributed by atoms with van der Waals surface area (Å²) in [5.41, 5.74) is 0. The molecule has 1 nitrogen and oxygen atoms in total. The van der Waals surface area contributed by atoms with Crippen LogP contribution in [0.1, 0.15) is 6.92 Å². The van der Waals surface area contributed by atoms with Gasteiger partial charge in [-0.2, -0.15) is 0 Å². The second-order valence-electron chi connectivity index (χ2n) is 1.51. The maximum absolute atomic E-state index is 8.57. The normalized spacial score (nSPS) is 21.7. The smallest absolute Gasteiger partial charge is 0.107 e. The average Bonchev–Trinajstić information content (AvgIpc) is 2.06. The van der Waals surface area contributed by atoms with Gasteiger partial charge in [0.1, 0.15) is 5.92 Å². The molecule has 0 spiro atoms. The van der Waals surface area contributed by atoms with Gasteiger partial charge in [-0.05, 0) is 6.92 Å². The van der Waals surface area contributed by atoms with Gasteiger partial charge in [-0.3, -0.25) is 0 Å². The Balaban J connectivity index is 2.18. The molecule has 1 aliphatic rings. The molecule has 1 rings (SSSR count). The number of rotatable bonds is 1. The van der Waals surface area contributed by atoms with E-state index in [1.165, 1.54) is 0 Å². The van der Waals surface area contributed by atoms with Crippen LogP contribution in [-0.2, 0) is 0 Å². The maximum Gasteiger partial charge on any atom is 0.107 e. The van der Waals surface area contributed by atoms with Crippen LogP contribution in [0.25, 0.3) is 0 Å². The second kappa shape index (κ2) is 0.990. The van der Waals surface area contributed by atoms with Crippen LogP contribution in [-0.4, -0.2) is 11.2 Å². The second-order valence-corrected chi connectivity index (χ2v) is 1.51. The van der Waals surface area contributed by atoms with Gasteiger partial charge >= 0.3 is 0 Å². The quantitative estimate of drug-likeness (QED) is 0.441. The van der Waals surface area contributed by atoms with Crippen molar-refractivity contribution in [2.24, 2.45) is 5.92 Å². The fourth-order valence-electron chi connectivity index (χ4n) is 0.289. The van der Waals surface area contributed by atoms with Crippen LogP contribution in [0.15, 0.2) is 0 Å². The lowest BCUT2D eigenvalue weighted by molar-refractivity contribution is 0.183. The molecule has 1 atom stereocenters. The minimum absolute atomic E-state index is 0.157. The van der Waals surface area contributed by atoms with Crippen molar-refractivity contribution in [2.75, 3.05) is 0 Å². The first-order chi connectivity index (χ1) is 2.80. The van der Waals surface area contributed by atoms with E-state index in [-0.39, 0.29) is 12.0 Å². The molecule has 0 fully saturated rings. The van der Waals surface area contributed by atoms with E-state index < -0.39 is 0 Å². The summed E-state index contributed by atoms with van der Waals surface area (Å²) < 4.78 is 0. The lowest BCUT2D eigenvalue weighted by Gasteiger charge is -1.93. The third kappa shape index (κ3) is 0.526. The summed E-state index contributed by atoms with van der Waals surface area (Å²) in [5, 5.41) is 8.57. The molecule has 0 aromatic rings. The Morgan fingerprint density at radius 1 is 1.67 bits per heavy atom. The first-order valence-electron chi connectivity index (χ1n) is 2.00. The van der Waals surface area contributed by atoms with E-state index in [0.29, 0.717) is 0 Å². The monoisotopic (exact) mass is 82.0 g/mol. The van der Waals surface area contributed by atoms with Gasteiger partial charge in [0.15, 0.2) is 0 Å². The molecule has 0 saturated heterocycles. The Bertz CT molecular complexity index is 96.8. The SMILES string of the molecule is CC(O)C1C#C1. The molecule has 32 valence electrons. The van der Waals surface area contributed by atoms with E-state index in [2.05, 4.69) is 11.8 Å². The zero-order valence-corrected chi connectivity index (χ0v) is 3.60. The third-order valence-electron chi connectivity index (χ3n) is 0.793. The Morgan fingerprint density at radius 3 is 2.17 bits per heavy atom. The Hall–Kier alpha value is -0.480. The minimum atomic E-state index is -0.259. The molecular formula is C5H6O. The summed E-state index contributed by atoms with van der Waals surface area (Å²) in [5.74, 6) is 5.62. The molecule has 0 amide bonds. The van der Waals surface area contributed by atoms with Crippen LogP contribution in [0, 0.1) is 17.8 Å². The topological polar surface area (TPSA) is 20.2 Å². The molecule has 0 radical (unpaired) electrons. The predicted octanol–water partition coefficient (Wildman–Crippen LogP) is 0.000400. The molecule has 6 heavy (non-hydrogen) atoms. The third-order valence-corrected chi connectivity index (χ3v) is 0.793. The summed E-state index contributed by atoms with van der Waals surface area (Å²) >= 11 is 0. The van der Waals surface area contributed by atoms with Crippen LogP contribution in [0.5, 0.6) is 0 Å². The van der Waals surface area contributed by atoms with Crippen molar-refractivity contribution in [1.29, 1.82) is 0 Å². The van der Waals surface area contributed by atoms with Crippen molar-refractivity contribution in [3.63, 3.8) is 0 Å². The van der Waals surface area contributed by atoms with Gasteiger partial charge in [0.2, 0.25) is 0 Å². The summed E-state index contributed by atoms with van der Waals surface area (Å²) in [4.78, 5) is 0. The first-order valence-corrected chi connectivity index (χ1v) is 2.00. The van der Waals surface area contributed by atoms with E-state index in [1.54, 1.807) is 6.92 Å². The minimum Gasteiger partial charge on any atom is -0.391 e. The highest BCUT2D eigenvalue weighted by Crippen LogP contribution is 2.08. The van der Waals surface area contributed by atoms with Crippen molar-refractivity contribution in [2.45, 2.75) is 13.0 Å². The summed E-state index contributed by atoms with van der Waals surface area (Å²) in [7, 11) is 0. The molecule has 1 heteroatoms. The summed E-state index contributed by atoms with van der Waals surface area (Å²) in [6.45, 7) is 1.73. The average molecular weight is 82.1 g/mol. The van der Waals surface area contributed by atoms with Gasteiger partial charge in [-0.15, -0.1) is 0 Å². The standard InChI is InChI=1S/C5H6O/c1-4(6)5-2-3-5/h4-6H,1H3. The van der Waals surface area contributed by atoms with Crippen molar-refractivity contribution < 1.29 is 5.11 Å². The molecule has 0 bridgehead atoms. The van der Waals surface area contributed by atoms with Gasteiger partial charge in [0.05, 0.1) is 6.10 Å². The lowest BCUT2D eigenvalue weighted by atomic mass is 10.2. The molecule has 0 aromatic heterocycles. The van der Waals surface area contributed by atoms with Crippen LogP contribution in [0.2, 0.25) is 0 Å². The van der Waals surface area contributed by atoms with E-state index in [9.17, 15) is 0 Å². The molecule has 0 saturated carbocycles. The zero-order valence-electron chi connectivity index (χ0n) is 3.60. The predicted molar refractivity (Wildman–Crippen MR) is 22.9 cm³/mol. The number of aliphatic hydroxyl groups excluding tert-OH is 1. The summed E-state index contributed by atoms with van der Waals surface area (Å²) in [6, 6.07) is 0. The molecule has 1 aliphatic carbocycles. The van der Waals surface area contributed by atoms with Gasteiger partial charge in [-0.1, -0.05) is 11.8 Å². The van der Waals surface area contributed by atoms with Crippen molar-refractivity contribution >= 4 is 0 Å². The number of hydrogen-bond acceptors (Lipinski definition) is 1. The van der Waals surface area contributed by atoms with E-state index in [4.69, 9.17) is 5.11 Å². The van der Waals surface area contributed by atoms with Crippen LogP contribution >= 0.6 is 0 Å². The zero-order chi connectivity index (χ0) is 4.57. The Labute approximate surface area is 37.0 Å². The fourth-order valence-corrected chi connectivity index (χ4v) is 0.289. The van der Waals surface area contributed by atoms with Gasteiger partial charge in [-0.25, -0.2) is 0 Å². The molecular weight excluding hydrogens is 76.1 g/mol. The number of hydrogen-bond donors (Lipinski definition) is 1. The molecule has 1 N–H and O–H groups in total. The molecule has 0 aliphatic heterocycles. The lowest BCUT2D eigenvalue weighted by Crippen LogP contribution is -2.03. The van der Waals surface area contributed by atoms with E-state index >= 15 is 0 Å². The molecule has 0 aromatic carbocycles. The van der Waals surface area contributed by atoms with Gasteiger partial charge in [0.25, 0.3) is 0 Å². The Kier molecular flexibility index (Phi) is 0.611. The summed E-state index contributed by atoms with van der Waals surface area (Å²) in [6.07, 6.45) is -0.259.